The molecule has 0 unspecified atom stereocenters. The molecule has 0 amide bonds. The molecule has 0 atom stereocenters. The van der Waals surface area contributed by atoms with Crippen LogP contribution in [0.4, 0.5) is 0 Å². The number of carbonyl (C=O) groups excluding carboxylic acids is 1. The van der Waals surface area contributed by atoms with Crippen LogP contribution in [0, 0.1) is 6.92 Å². The Morgan fingerprint density at radius 3 is 2.85 bits per heavy atom. The molecule has 0 aromatic heterocycles. The number of nitrogens with one attached hydrogen (secondary N) is 1. The van der Waals surface area contributed by atoms with Crippen LogP contribution in [-0.2, 0) is 0 Å². The fourth-order valence-corrected chi connectivity index (χ4v) is 2.54. The van der Waals surface area contributed by atoms with E-state index >= 15 is 0 Å². The Hall–Kier alpha value is -3.21. The van der Waals surface area contributed by atoms with Crippen molar-refractivity contribution >= 4 is 24.5 Å². The molecule has 2 aromatic rings. The molecule has 1 heterocycles. The first-order chi connectivity index (χ1) is 12.6. The van der Waals surface area contributed by atoms with Crippen LogP contribution in [0.3, 0.4) is 0 Å². The van der Waals surface area contributed by atoms with Crippen LogP contribution in [0.2, 0.25) is 0 Å². The van der Waals surface area contributed by atoms with Gasteiger partial charge in [-0.25, -0.2) is 0 Å². The Labute approximate surface area is 153 Å². The SMILES string of the molecule is C=C1/C=C\C=N/NB=C1COc1ccc(C)cc1C(=O)c1ccccc1. The van der Waals surface area contributed by atoms with Crippen molar-refractivity contribution in [3.63, 3.8) is 0 Å². The van der Waals surface area contributed by atoms with Gasteiger partial charge in [0, 0.05) is 0 Å². The number of hydrazone groups is 1. The normalized spacial score (nSPS) is 15.6. The average molecular weight is 342 g/mol. The molecule has 1 N–H and O–H groups in total. The number of benzene rings is 2. The molecule has 1 aliphatic heterocycles. The fourth-order valence-electron chi connectivity index (χ4n) is 2.54. The zero-order chi connectivity index (χ0) is 18.4. The zero-order valence-corrected chi connectivity index (χ0v) is 14.6. The first-order valence-electron chi connectivity index (χ1n) is 8.32. The Morgan fingerprint density at radius 1 is 1.23 bits per heavy atom. The molecule has 0 fully saturated rings. The van der Waals surface area contributed by atoms with Crippen molar-refractivity contribution in [2.75, 3.05) is 6.61 Å². The van der Waals surface area contributed by atoms with Crippen molar-refractivity contribution in [2.24, 2.45) is 5.10 Å². The molecule has 128 valence electrons. The number of ketones is 1. The Kier molecular flexibility index (Phi) is 5.59. The maximum absolute atomic E-state index is 12.9. The van der Waals surface area contributed by atoms with Gasteiger partial charge in [0.15, 0.2) is 0 Å². The average Bonchev–Trinajstić information content (AvgIpc) is 2.65. The third-order valence-corrected chi connectivity index (χ3v) is 3.98. The molecule has 3 rings (SSSR count). The van der Waals surface area contributed by atoms with Crippen molar-refractivity contribution in [3.8, 4) is 5.75 Å². The second-order valence-corrected chi connectivity index (χ2v) is 5.94. The number of hydrogen-bond acceptors (Lipinski definition) is 4. The molecule has 2 aromatic carbocycles. The third-order valence-electron chi connectivity index (χ3n) is 3.98. The summed E-state index contributed by atoms with van der Waals surface area (Å²) in [5.41, 5.74) is 3.87. The van der Waals surface area contributed by atoms with Gasteiger partial charge in [0.05, 0.1) is 0 Å². The molecule has 0 spiro atoms. The summed E-state index contributed by atoms with van der Waals surface area (Å²) in [5.74, 6) is 0.491. The van der Waals surface area contributed by atoms with Gasteiger partial charge in [-0.2, -0.15) is 0 Å². The van der Waals surface area contributed by atoms with E-state index in [0.717, 1.165) is 16.6 Å². The molecule has 5 heteroatoms. The minimum atomic E-state index is -0.0580. The summed E-state index contributed by atoms with van der Waals surface area (Å²) in [6.07, 6.45) is 5.32. The first-order valence-corrected chi connectivity index (χ1v) is 8.32. The molecule has 26 heavy (non-hydrogen) atoms. The van der Waals surface area contributed by atoms with Crippen LogP contribution in [0.1, 0.15) is 21.5 Å². The fraction of sp³-hybridized carbons (Fsp3) is 0.0952. The van der Waals surface area contributed by atoms with Crippen molar-refractivity contribution < 1.29 is 9.53 Å². The van der Waals surface area contributed by atoms with E-state index in [0.29, 0.717) is 16.9 Å². The molecule has 0 aliphatic carbocycles. The van der Waals surface area contributed by atoms with Gasteiger partial charge in [-0.15, -0.1) is 0 Å². The van der Waals surface area contributed by atoms with Crippen LogP contribution >= 0.6 is 0 Å². The number of allylic oxidation sites excluding steroid dienone is 2. The summed E-state index contributed by atoms with van der Waals surface area (Å²) in [7, 11) is 1.75. The first kappa shape index (κ1) is 17.6. The Balaban J connectivity index is 1.84. The molecule has 0 saturated carbocycles. The van der Waals surface area contributed by atoms with Gasteiger partial charge < -0.3 is 0 Å². The summed E-state index contributed by atoms with van der Waals surface area (Å²) in [4.78, 5) is 12.9. The minimum absolute atomic E-state index is 0.0580. The van der Waals surface area contributed by atoms with Gasteiger partial charge in [-0.3, -0.25) is 0 Å². The van der Waals surface area contributed by atoms with E-state index in [9.17, 15) is 4.79 Å². The van der Waals surface area contributed by atoms with E-state index in [1.165, 1.54) is 0 Å². The van der Waals surface area contributed by atoms with Gasteiger partial charge in [0.2, 0.25) is 0 Å². The van der Waals surface area contributed by atoms with Gasteiger partial charge in [0.1, 0.15) is 0 Å². The second kappa shape index (κ2) is 8.25. The molecule has 0 radical (unpaired) electrons. The predicted octanol–water partition coefficient (Wildman–Crippen LogP) is 3.10. The molecule has 0 saturated heterocycles. The second-order valence-electron chi connectivity index (χ2n) is 5.94. The van der Waals surface area contributed by atoms with E-state index in [4.69, 9.17) is 4.74 Å². The van der Waals surface area contributed by atoms with Crippen LogP contribution in [-0.4, -0.2) is 31.1 Å². The third kappa shape index (κ3) is 4.25. The van der Waals surface area contributed by atoms with Gasteiger partial charge in [-0.05, 0) is 0 Å². The van der Waals surface area contributed by atoms with Crippen molar-refractivity contribution in [3.05, 3.63) is 89.5 Å². The van der Waals surface area contributed by atoms with Crippen LogP contribution < -0.4 is 10.1 Å². The standard InChI is InChI=1S/C21H19BN2O2/c1-15-10-11-20(18(13-15)21(25)17-8-4-3-5-9-17)26-14-19-16(2)7-6-12-23-24-22-19/h3-13,24H,2,14H2,1H3/b7-6-,23-12-. The number of hydrogen-bond donors (Lipinski definition) is 1. The van der Waals surface area contributed by atoms with E-state index in [2.05, 4.69) is 17.0 Å². The van der Waals surface area contributed by atoms with Crippen LogP contribution in [0.25, 0.3) is 0 Å². The summed E-state index contributed by atoms with van der Waals surface area (Å²) >= 11 is 0. The summed E-state index contributed by atoms with van der Waals surface area (Å²) in [6.45, 7) is 6.26. The maximum atomic E-state index is 12.9. The number of aryl methyl sites for hydroxylation is 1. The monoisotopic (exact) mass is 342 g/mol. The molecular formula is C21H19BN2O2. The summed E-state index contributed by atoms with van der Waals surface area (Å²) < 4.78 is 5.97. The zero-order valence-electron chi connectivity index (χ0n) is 14.6. The van der Waals surface area contributed by atoms with E-state index < -0.39 is 0 Å². The van der Waals surface area contributed by atoms with Gasteiger partial charge in [-0.1, -0.05) is 0 Å². The molecule has 1 aliphatic rings. The summed E-state index contributed by atoms with van der Waals surface area (Å²) in [6, 6.07) is 14.8. The quantitative estimate of drug-likeness (QED) is 0.671. The van der Waals surface area contributed by atoms with Crippen molar-refractivity contribution in [1.82, 2.24) is 5.34 Å². The van der Waals surface area contributed by atoms with Gasteiger partial charge in [0.25, 0.3) is 0 Å². The van der Waals surface area contributed by atoms with Crippen molar-refractivity contribution in [1.29, 1.82) is 0 Å². The van der Waals surface area contributed by atoms with E-state index in [1.54, 1.807) is 31.5 Å². The number of rotatable bonds is 5. The Bertz CT molecular complexity index is 915. The number of carbonyl (C=O) groups is 1. The number of nitrogens with zero attached hydrogens (tertiary/aromatic N) is 1. The molecule has 0 bridgehead atoms. The van der Waals surface area contributed by atoms with Crippen LogP contribution in [0.15, 0.2) is 77.9 Å². The molecular weight excluding hydrogens is 323 g/mol. The summed E-state index contributed by atoms with van der Waals surface area (Å²) in [5, 5.41) is 6.80. The van der Waals surface area contributed by atoms with Crippen LogP contribution in [0.5, 0.6) is 5.75 Å². The number of ether oxygens (including phenoxy) is 1. The topological polar surface area (TPSA) is 50.7 Å². The molecule has 4 nitrogen and oxygen atoms in total. The van der Waals surface area contributed by atoms with Crippen molar-refractivity contribution in [2.45, 2.75) is 6.92 Å². The Morgan fingerprint density at radius 2 is 2.04 bits per heavy atom. The van der Waals surface area contributed by atoms with Gasteiger partial charge >= 0.3 is 153 Å². The predicted molar refractivity (Wildman–Crippen MR) is 107 cm³/mol. The van der Waals surface area contributed by atoms with E-state index in [-0.39, 0.29) is 12.4 Å². The van der Waals surface area contributed by atoms with E-state index in [1.807, 2.05) is 49.4 Å².